The number of aromatic amines is 2. The highest BCUT2D eigenvalue weighted by Gasteiger charge is 2.29. The molecule has 1 aromatic carbocycles. The second-order valence-corrected chi connectivity index (χ2v) is 5.55. The SMILES string of the molecule is COC[C@@H]1CCCN1C(=O)Nc1cc2[nH]c(=O)[nH]c2cc1OC. The van der Waals surface area contributed by atoms with E-state index in [9.17, 15) is 9.59 Å². The number of fused-ring (bicyclic) bond motifs is 1. The zero-order chi connectivity index (χ0) is 16.4. The molecule has 124 valence electrons. The smallest absolute Gasteiger partial charge is 0.323 e. The van der Waals surface area contributed by atoms with Gasteiger partial charge < -0.3 is 29.7 Å². The number of hydrogen-bond acceptors (Lipinski definition) is 4. The molecule has 1 saturated heterocycles. The number of amides is 2. The number of carbonyl (C=O) groups is 1. The maximum absolute atomic E-state index is 12.5. The van der Waals surface area contributed by atoms with Crippen molar-refractivity contribution in [2.75, 3.05) is 32.7 Å². The monoisotopic (exact) mass is 320 g/mol. The third kappa shape index (κ3) is 3.02. The van der Waals surface area contributed by atoms with Crippen molar-refractivity contribution in [3.63, 3.8) is 0 Å². The molecule has 0 bridgehead atoms. The first-order valence-electron chi connectivity index (χ1n) is 7.49. The summed E-state index contributed by atoms with van der Waals surface area (Å²) in [6.45, 7) is 1.22. The van der Waals surface area contributed by atoms with E-state index in [0.717, 1.165) is 12.8 Å². The highest BCUT2D eigenvalue weighted by atomic mass is 16.5. The summed E-state index contributed by atoms with van der Waals surface area (Å²) in [5, 5.41) is 2.86. The van der Waals surface area contributed by atoms with Crippen molar-refractivity contribution < 1.29 is 14.3 Å². The van der Waals surface area contributed by atoms with Gasteiger partial charge in [0, 0.05) is 19.7 Å². The highest BCUT2D eigenvalue weighted by Crippen LogP contribution is 2.29. The Balaban J connectivity index is 1.85. The number of aromatic nitrogens is 2. The molecule has 8 heteroatoms. The maximum Gasteiger partial charge on any atom is 0.323 e. The number of methoxy groups -OCH3 is 2. The van der Waals surface area contributed by atoms with Crippen LogP contribution in [-0.2, 0) is 4.74 Å². The first-order valence-corrected chi connectivity index (χ1v) is 7.49. The zero-order valence-corrected chi connectivity index (χ0v) is 13.1. The Bertz CT molecular complexity index is 766. The molecule has 1 fully saturated rings. The minimum atomic E-state index is -0.301. The molecule has 3 N–H and O–H groups in total. The average molecular weight is 320 g/mol. The van der Waals surface area contributed by atoms with Crippen LogP contribution in [-0.4, -0.2) is 54.3 Å². The van der Waals surface area contributed by atoms with E-state index in [2.05, 4.69) is 15.3 Å². The Kier molecular flexibility index (Phi) is 4.24. The normalized spacial score (nSPS) is 17.7. The molecule has 0 unspecified atom stereocenters. The predicted octanol–water partition coefficient (Wildman–Crippen LogP) is 1.51. The van der Waals surface area contributed by atoms with E-state index >= 15 is 0 Å². The number of anilines is 1. The van der Waals surface area contributed by atoms with Crippen molar-refractivity contribution in [2.45, 2.75) is 18.9 Å². The van der Waals surface area contributed by atoms with Gasteiger partial charge in [-0.2, -0.15) is 0 Å². The molecule has 0 radical (unpaired) electrons. The second kappa shape index (κ2) is 6.33. The summed E-state index contributed by atoms with van der Waals surface area (Å²) < 4.78 is 10.5. The van der Waals surface area contributed by atoms with Gasteiger partial charge in [-0.3, -0.25) is 0 Å². The van der Waals surface area contributed by atoms with Gasteiger partial charge in [-0.25, -0.2) is 9.59 Å². The minimum absolute atomic E-state index is 0.0850. The van der Waals surface area contributed by atoms with Gasteiger partial charge in [0.05, 0.1) is 36.5 Å². The number of hydrogen-bond donors (Lipinski definition) is 3. The van der Waals surface area contributed by atoms with Gasteiger partial charge in [-0.1, -0.05) is 0 Å². The molecule has 1 aliphatic rings. The van der Waals surface area contributed by atoms with Gasteiger partial charge in [0.15, 0.2) is 0 Å². The summed E-state index contributed by atoms with van der Waals surface area (Å²) in [4.78, 5) is 31.0. The number of ether oxygens (including phenoxy) is 2. The summed E-state index contributed by atoms with van der Waals surface area (Å²) >= 11 is 0. The van der Waals surface area contributed by atoms with E-state index in [0.29, 0.717) is 35.6 Å². The van der Waals surface area contributed by atoms with Gasteiger partial charge in [0.25, 0.3) is 0 Å². The zero-order valence-electron chi connectivity index (χ0n) is 13.1. The van der Waals surface area contributed by atoms with Crippen LogP contribution >= 0.6 is 0 Å². The molecule has 3 rings (SSSR count). The van der Waals surface area contributed by atoms with Gasteiger partial charge in [-0.15, -0.1) is 0 Å². The third-order valence-corrected chi connectivity index (χ3v) is 4.07. The van der Waals surface area contributed by atoms with Crippen molar-refractivity contribution in [3.8, 4) is 5.75 Å². The molecular weight excluding hydrogens is 300 g/mol. The Labute approximate surface area is 132 Å². The van der Waals surface area contributed by atoms with Crippen LogP contribution in [0.25, 0.3) is 11.0 Å². The average Bonchev–Trinajstić information content (AvgIpc) is 3.12. The number of rotatable bonds is 4. The van der Waals surface area contributed by atoms with E-state index < -0.39 is 0 Å². The quantitative estimate of drug-likeness (QED) is 0.795. The number of benzene rings is 1. The third-order valence-electron chi connectivity index (χ3n) is 4.07. The molecule has 1 aliphatic heterocycles. The van der Waals surface area contributed by atoms with Crippen molar-refractivity contribution in [1.29, 1.82) is 0 Å². The number of likely N-dealkylation sites (tertiary alicyclic amines) is 1. The van der Waals surface area contributed by atoms with Crippen molar-refractivity contribution >= 4 is 22.8 Å². The Morgan fingerprint density at radius 1 is 1.35 bits per heavy atom. The molecule has 2 aromatic rings. The van der Waals surface area contributed by atoms with E-state index in [1.165, 1.54) is 7.11 Å². The predicted molar refractivity (Wildman–Crippen MR) is 86.1 cm³/mol. The lowest BCUT2D eigenvalue weighted by Gasteiger charge is -2.24. The number of carbonyl (C=O) groups excluding carboxylic acids is 1. The molecule has 0 aliphatic carbocycles. The molecule has 23 heavy (non-hydrogen) atoms. The molecule has 0 saturated carbocycles. The Morgan fingerprint density at radius 3 is 2.78 bits per heavy atom. The molecular formula is C15H20N4O4. The van der Waals surface area contributed by atoms with Crippen molar-refractivity contribution in [1.82, 2.24) is 14.9 Å². The summed E-state index contributed by atoms with van der Waals surface area (Å²) in [6.07, 6.45) is 1.89. The molecule has 1 atom stereocenters. The van der Waals surface area contributed by atoms with Crippen molar-refractivity contribution in [3.05, 3.63) is 22.6 Å². The lowest BCUT2D eigenvalue weighted by molar-refractivity contribution is 0.128. The number of urea groups is 1. The first-order chi connectivity index (χ1) is 11.1. The fourth-order valence-electron chi connectivity index (χ4n) is 2.98. The fraction of sp³-hybridized carbons (Fsp3) is 0.467. The maximum atomic E-state index is 12.5. The first kappa shape index (κ1) is 15.4. The standard InChI is InChI=1S/C15H20N4O4/c1-22-8-9-4-3-5-19(9)15(21)18-12-6-10-11(7-13(12)23-2)17-14(20)16-10/h6-7,9H,3-5,8H2,1-2H3,(H,18,21)(H2,16,17,20)/t9-/m0/s1. The molecule has 8 nitrogen and oxygen atoms in total. The lowest BCUT2D eigenvalue weighted by Crippen LogP contribution is -2.40. The van der Waals surface area contributed by atoms with Crippen LogP contribution in [0.1, 0.15) is 12.8 Å². The molecule has 2 amide bonds. The van der Waals surface area contributed by atoms with Crippen LogP contribution in [0.2, 0.25) is 0 Å². The topological polar surface area (TPSA) is 99.5 Å². The van der Waals surface area contributed by atoms with Gasteiger partial charge in [-0.05, 0) is 18.9 Å². The van der Waals surface area contributed by atoms with Crippen LogP contribution in [0, 0.1) is 0 Å². The molecule has 0 spiro atoms. The van der Waals surface area contributed by atoms with Gasteiger partial charge in [0.2, 0.25) is 0 Å². The van der Waals surface area contributed by atoms with E-state index in [1.807, 2.05) is 0 Å². The fourth-order valence-corrected chi connectivity index (χ4v) is 2.98. The number of imidazole rings is 1. The number of nitrogens with zero attached hydrogens (tertiary/aromatic N) is 1. The Morgan fingerprint density at radius 2 is 2.09 bits per heavy atom. The number of nitrogens with one attached hydrogen (secondary N) is 3. The van der Waals surface area contributed by atoms with Crippen LogP contribution < -0.4 is 15.7 Å². The summed E-state index contributed by atoms with van der Waals surface area (Å²) in [7, 11) is 3.15. The molecule has 2 heterocycles. The summed E-state index contributed by atoms with van der Waals surface area (Å²) in [6, 6.07) is 3.26. The summed E-state index contributed by atoms with van der Waals surface area (Å²) in [5.41, 5.74) is 1.46. The van der Waals surface area contributed by atoms with E-state index in [-0.39, 0.29) is 17.8 Å². The largest absolute Gasteiger partial charge is 0.494 e. The molecule has 1 aromatic heterocycles. The number of H-pyrrole nitrogens is 2. The van der Waals surface area contributed by atoms with E-state index in [4.69, 9.17) is 9.47 Å². The van der Waals surface area contributed by atoms with Crippen molar-refractivity contribution in [2.24, 2.45) is 0 Å². The highest BCUT2D eigenvalue weighted by molar-refractivity contribution is 5.94. The minimum Gasteiger partial charge on any atom is -0.494 e. The summed E-state index contributed by atoms with van der Waals surface area (Å²) in [5.74, 6) is 0.489. The van der Waals surface area contributed by atoms with Gasteiger partial charge in [0.1, 0.15) is 5.75 Å². The second-order valence-electron chi connectivity index (χ2n) is 5.55. The van der Waals surface area contributed by atoms with E-state index in [1.54, 1.807) is 24.1 Å². The van der Waals surface area contributed by atoms with Gasteiger partial charge >= 0.3 is 11.7 Å². The van der Waals surface area contributed by atoms with Crippen LogP contribution in [0.15, 0.2) is 16.9 Å². The van der Waals surface area contributed by atoms with Crippen LogP contribution in [0.4, 0.5) is 10.5 Å². The van der Waals surface area contributed by atoms with Crippen LogP contribution in [0.3, 0.4) is 0 Å². The lowest BCUT2D eigenvalue weighted by atomic mass is 10.2. The Hall–Kier alpha value is -2.48. The van der Waals surface area contributed by atoms with Crippen LogP contribution in [0.5, 0.6) is 5.75 Å².